The van der Waals surface area contributed by atoms with Gasteiger partial charge in [0.05, 0.1) is 12.1 Å². The minimum atomic E-state index is -0.916. The van der Waals surface area contributed by atoms with Gasteiger partial charge in [-0.3, -0.25) is 9.78 Å². The molecule has 1 aromatic carbocycles. The number of carboxylic acid groups (broad SMARTS) is 1. The first-order chi connectivity index (χ1) is 11.5. The molecular weight excluding hydrogens is 304 g/mol. The molecule has 2 heterocycles. The summed E-state index contributed by atoms with van der Waals surface area (Å²) in [6, 6.07) is 11.0. The molecule has 24 heavy (non-hydrogen) atoms. The molecule has 0 saturated heterocycles. The number of benzene rings is 1. The average molecular weight is 322 g/mol. The second-order valence-corrected chi connectivity index (χ2v) is 5.67. The van der Waals surface area contributed by atoms with Gasteiger partial charge >= 0.3 is 5.97 Å². The van der Waals surface area contributed by atoms with E-state index in [1.165, 1.54) is 0 Å². The summed E-state index contributed by atoms with van der Waals surface area (Å²) < 4.78 is 0. The van der Waals surface area contributed by atoms with Gasteiger partial charge in [0.25, 0.3) is 0 Å². The number of nitrogens with one attached hydrogen (secondary N) is 1. The molecule has 1 aliphatic heterocycles. The van der Waals surface area contributed by atoms with E-state index in [-0.39, 0.29) is 12.4 Å². The molecule has 3 rings (SSSR count). The van der Waals surface area contributed by atoms with Crippen molar-refractivity contribution in [3.8, 4) is 0 Å². The van der Waals surface area contributed by atoms with Crippen LogP contribution < -0.4 is 11.1 Å². The Bertz CT molecular complexity index is 811. The number of nitrogens with two attached hydrogens (primary N) is 1. The number of hydrogen-bond acceptors (Lipinski definition) is 5. The molecule has 0 radical (unpaired) electrons. The molecule has 4 N–H and O–H groups in total. The van der Waals surface area contributed by atoms with Crippen molar-refractivity contribution in [2.24, 2.45) is 10.7 Å². The van der Waals surface area contributed by atoms with Gasteiger partial charge in [-0.1, -0.05) is 35.9 Å². The number of carbonyl (C=O) groups is 1. The predicted molar refractivity (Wildman–Crippen MR) is 92.1 cm³/mol. The van der Waals surface area contributed by atoms with Crippen molar-refractivity contribution in [2.75, 3.05) is 0 Å². The van der Waals surface area contributed by atoms with Crippen molar-refractivity contribution in [3.63, 3.8) is 0 Å². The summed E-state index contributed by atoms with van der Waals surface area (Å²) in [6.45, 7) is 2.00. The maximum Gasteiger partial charge on any atom is 0.307 e. The second-order valence-electron chi connectivity index (χ2n) is 5.67. The number of pyridine rings is 1. The van der Waals surface area contributed by atoms with Crippen LogP contribution in [0.4, 0.5) is 0 Å². The number of nitrogens with zero attached hydrogens (tertiary/aromatic N) is 2. The molecule has 1 unspecified atom stereocenters. The normalized spacial score (nSPS) is 17.2. The lowest BCUT2D eigenvalue weighted by Gasteiger charge is -2.26. The minimum absolute atomic E-state index is 0.132. The van der Waals surface area contributed by atoms with Crippen molar-refractivity contribution in [2.45, 2.75) is 19.4 Å². The van der Waals surface area contributed by atoms with Gasteiger partial charge in [-0.15, -0.1) is 0 Å². The minimum Gasteiger partial charge on any atom is -0.481 e. The monoisotopic (exact) mass is 322 g/mol. The van der Waals surface area contributed by atoms with E-state index >= 15 is 0 Å². The Balaban J connectivity index is 2.14. The molecule has 1 atom stereocenters. The van der Waals surface area contributed by atoms with Crippen LogP contribution in [0.15, 0.2) is 59.4 Å². The molecule has 0 saturated carbocycles. The summed E-state index contributed by atoms with van der Waals surface area (Å²) in [7, 11) is 0. The number of aromatic nitrogens is 1. The highest BCUT2D eigenvalue weighted by Crippen LogP contribution is 2.35. The highest BCUT2D eigenvalue weighted by molar-refractivity contribution is 5.93. The van der Waals surface area contributed by atoms with Crippen LogP contribution in [0.5, 0.6) is 0 Å². The number of rotatable bonds is 4. The van der Waals surface area contributed by atoms with Gasteiger partial charge in [-0.2, -0.15) is 0 Å². The standard InChI is InChI=1S/C18H18N4O2/c1-11-4-6-12(7-5-11)16-14(9-15(23)24)17(22-18(19)21-16)13-3-2-8-20-10-13/h2-8,10,17H,9H2,1H3,(H,23,24)(H3,19,21,22). The van der Waals surface area contributed by atoms with Crippen molar-refractivity contribution in [1.82, 2.24) is 10.3 Å². The van der Waals surface area contributed by atoms with E-state index in [2.05, 4.69) is 15.3 Å². The van der Waals surface area contributed by atoms with Gasteiger partial charge in [-0.25, -0.2) is 4.99 Å². The van der Waals surface area contributed by atoms with E-state index < -0.39 is 12.0 Å². The number of carboxylic acids is 1. The van der Waals surface area contributed by atoms with Crippen molar-refractivity contribution in [3.05, 3.63) is 71.1 Å². The van der Waals surface area contributed by atoms with Crippen molar-refractivity contribution < 1.29 is 9.90 Å². The Morgan fingerprint density at radius 3 is 2.67 bits per heavy atom. The van der Waals surface area contributed by atoms with Crippen LogP contribution >= 0.6 is 0 Å². The summed E-state index contributed by atoms with van der Waals surface area (Å²) >= 11 is 0. The smallest absolute Gasteiger partial charge is 0.307 e. The van der Waals surface area contributed by atoms with Gasteiger partial charge in [0.15, 0.2) is 5.96 Å². The van der Waals surface area contributed by atoms with Crippen LogP contribution in [0.1, 0.15) is 29.2 Å². The average Bonchev–Trinajstić information content (AvgIpc) is 2.57. The largest absolute Gasteiger partial charge is 0.481 e. The zero-order valence-corrected chi connectivity index (χ0v) is 13.2. The van der Waals surface area contributed by atoms with Crippen LogP contribution in [0.25, 0.3) is 5.70 Å². The lowest BCUT2D eigenvalue weighted by Crippen LogP contribution is -2.36. The maximum atomic E-state index is 11.4. The summed E-state index contributed by atoms with van der Waals surface area (Å²) in [5.41, 5.74) is 10.1. The molecule has 1 aliphatic rings. The highest BCUT2D eigenvalue weighted by atomic mass is 16.4. The molecule has 0 aliphatic carbocycles. The zero-order chi connectivity index (χ0) is 17.1. The van der Waals surface area contributed by atoms with E-state index in [9.17, 15) is 9.90 Å². The Labute approximate surface area is 139 Å². The lowest BCUT2D eigenvalue weighted by atomic mass is 9.92. The Morgan fingerprint density at radius 1 is 1.29 bits per heavy atom. The molecule has 122 valence electrons. The second kappa shape index (κ2) is 6.54. The lowest BCUT2D eigenvalue weighted by molar-refractivity contribution is -0.136. The molecule has 2 aromatic rings. The van der Waals surface area contributed by atoms with Gasteiger partial charge in [0.2, 0.25) is 0 Å². The third-order valence-corrected chi connectivity index (χ3v) is 3.85. The molecule has 6 nitrogen and oxygen atoms in total. The molecule has 0 spiro atoms. The molecule has 0 bridgehead atoms. The molecule has 1 aromatic heterocycles. The topological polar surface area (TPSA) is 101 Å². The third-order valence-electron chi connectivity index (χ3n) is 3.85. The summed E-state index contributed by atoms with van der Waals surface area (Å²) in [6.07, 6.45) is 3.22. The fourth-order valence-electron chi connectivity index (χ4n) is 2.73. The van der Waals surface area contributed by atoms with Crippen LogP contribution in [-0.2, 0) is 4.79 Å². The first-order valence-electron chi connectivity index (χ1n) is 7.56. The predicted octanol–water partition coefficient (Wildman–Crippen LogP) is 2.24. The number of hydrogen-bond donors (Lipinski definition) is 3. The molecule has 6 heteroatoms. The van der Waals surface area contributed by atoms with Crippen LogP contribution in [0, 0.1) is 6.92 Å². The maximum absolute atomic E-state index is 11.4. The molecular formula is C18H18N4O2. The number of aliphatic carboxylic acids is 1. The summed E-state index contributed by atoms with van der Waals surface area (Å²) in [5, 5.41) is 12.4. The van der Waals surface area contributed by atoms with E-state index in [1.807, 2.05) is 37.3 Å². The Morgan fingerprint density at radius 2 is 2.04 bits per heavy atom. The third kappa shape index (κ3) is 3.27. The van der Waals surface area contributed by atoms with Gasteiger partial charge in [-0.05, 0) is 29.7 Å². The first kappa shape index (κ1) is 15.7. The highest BCUT2D eigenvalue weighted by Gasteiger charge is 2.27. The number of aryl methyl sites for hydroxylation is 1. The summed E-state index contributed by atoms with van der Waals surface area (Å²) in [5.74, 6) is -0.658. The van der Waals surface area contributed by atoms with Gasteiger partial charge in [0, 0.05) is 12.4 Å². The zero-order valence-electron chi connectivity index (χ0n) is 13.2. The Kier molecular flexibility index (Phi) is 4.29. The van der Waals surface area contributed by atoms with Gasteiger partial charge in [0.1, 0.15) is 6.04 Å². The van der Waals surface area contributed by atoms with E-state index in [1.54, 1.807) is 18.5 Å². The molecule has 0 amide bonds. The SMILES string of the molecule is Cc1ccc(C2=C(CC(=O)O)C(c3cccnc3)N=C(N)N2)cc1. The van der Waals surface area contributed by atoms with Crippen LogP contribution in [-0.4, -0.2) is 22.0 Å². The van der Waals surface area contributed by atoms with E-state index in [0.717, 1.165) is 16.7 Å². The quantitative estimate of drug-likeness (QED) is 0.801. The Hall–Kier alpha value is -3.15. The van der Waals surface area contributed by atoms with Crippen LogP contribution in [0.2, 0.25) is 0 Å². The van der Waals surface area contributed by atoms with Gasteiger partial charge < -0.3 is 16.2 Å². The van der Waals surface area contributed by atoms with E-state index in [4.69, 9.17) is 5.73 Å². The molecule has 0 fully saturated rings. The fraction of sp³-hybridized carbons (Fsp3) is 0.167. The number of guanidine groups is 1. The van der Waals surface area contributed by atoms with Crippen molar-refractivity contribution >= 4 is 17.6 Å². The fourth-order valence-corrected chi connectivity index (χ4v) is 2.73. The summed E-state index contributed by atoms with van der Waals surface area (Å²) in [4.78, 5) is 19.9. The number of aliphatic imine (C=N–C) groups is 1. The van der Waals surface area contributed by atoms with Crippen molar-refractivity contribution in [1.29, 1.82) is 0 Å². The van der Waals surface area contributed by atoms with E-state index in [0.29, 0.717) is 11.3 Å². The van der Waals surface area contributed by atoms with Crippen LogP contribution in [0.3, 0.4) is 0 Å². The first-order valence-corrected chi connectivity index (χ1v) is 7.56.